The molecule has 7 heteroatoms. The molecule has 0 radical (unpaired) electrons. The van der Waals surface area contributed by atoms with Crippen LogP contribution in [-0.2, 0) is 6.54 Å². The van der Waals surface area contributed by atoms with Crippen LogP contribution in [0.3, 0.4) is 0 Å². The molecule has 1 rings (SSSR count). The van der Waals surface area contributed by atoms with Gasteiger partial charge in [0, 0.05) is 6.54 Å². The summed E-state index contributed by atoms with van der Waals surface area (Å²) in [5.41, 5.74) is 0. The van der Waals surface area contributed by atoms with E-state index in [0.29, 0.717) is 6.54 Å². The topological polar surface area (TPSA) is 47.0 Å². The standard InChI is InChI=1S/C7H11F2N3OS/c1-2-10-3-6-11-12-7(14-6)13-4-5(8)9/h5,10H,2-4H2,1H3. The van der Waals surface area contributed by atoms with Crippen LogP contribution in [0.25, 0.3) is 0 Å². The Bertz CT molecular complexity index is 269. The molecule has 0 aromatic carbocycles. The first-order chi connectivity index (χ1) is 6.72. The van der Waals surface area contributed by atoms with Gasteiger partial charge in [-0.25, -0.2) is 8.78 Å². The van der Waals surface area contributed by atoms with E-state index in [1.165, 1.54) is 11.3 Å². The van der Waals surface area contributed by atoms with Crippen LogP contribution in [0, 0.1) is 0 Å². The Hall–Kier alpha value is -0.820. The predicted octanol–water partition coefficient (Wildman–Crippen LogP) is 1.29. The lowest BCUT2D eigenvalue weighted by Crippen LogP contribution is -2.11. The van der Waals surface area contributed by atoms with Crippen LogP contribution in [0.15, 0.2) is 0 Å². The van der Waals surface area contributed by atoms with E-state index in [0.717, 1.165) is 11.6 Å². The first-order valence-electron chi connectivity index (χ1n) is 4.16. The number of aromatic nitrogens is 2. The largest absolute Gasteiger partial charge is 0.463 e. The van der Waals surface area contributed by atoms with E-state index in [9.17, 15) is 8.78 Å². The van der Waals surface area contributed by atoms with Crippen molar-refractivity contribution in [2.45, 2.75) is 19.9 Å². The summed E-state index contributed by atoms with van der Waals surface area (Å²) in [4.78, 5) is 0. The molecule has 1 aromatic heterocycles. The molecule has 1 N–H and O–H groups in total. The molecule has 4 nitrogen and oxygen atoms in total. The summed E-state index contributed by atoms with van der Waals surface area (Å²) >= 11 is 1.17. The third kappa shape index (κ3) is 3.93. The molecule has 0 fully saturated rings. The Labute approximate surface area is 84.3 Å². The van der Waals surface area contributed by atoms with Crippen molar-refractivity contribution in [3.8, 4) is 5.19 Å². The van der Waals surface area contributed by atoms with Crippen molar-refractivity contribution in [3.05, 3.63) is 5.01 Å². The molecule has 0 saturated carbocycles. The molecule has 80 valence electrons. The number of halogens is 2. The molecule has 0 spiro atoms. The van der Waals surface area contributed by atoms with Crippen molar-refractivity contribution in [1.82, 2.24) is 15.5 Å². The second-order valence-electron chi connectivity index (χ2n) is 2.44. The summed E-state index contributed by atoms with van der Waals surface area (Å²) in [5, 5.41) is 11.4. The Balaban J connectivity index is 2.35. The number of nitrogens with one attached hydrogen (secondary N) is 1. The Morgan fingerprint density at radius 1 is 1.50 bits per heavy atom. The molecule has 0 unspecified atom stereocenters. The number of rotatable bonds is 6. The van der Waals surface area contributed by atoms with Gasteiger partial charge in [0.2, 0.25) is 0 Å². The van der Waals surface area contributed by atoms with E-state index < -0.39 is 13.0 Å². The van der Waals surface area contributed by atoms with Crippen LogP contribution in [0.4, 0.5) is 8.78 Å². The predicted molar refractivity (Wildman–Crippen MR) is 48.8 cm³/mol. The van der Waals surface area contributed by atoms with E-state index in [-0.39, 0.29) is 5.19 Å². The molecular formula is C7H11F2N3OS. The monoisotopic (exact) mass is 223 g/mol. The Morgan fingerprint density at radius 3 is 2.93 bits per heavy atom. The summed E-state index contributed by atoms with van der Waals surface area (Å²) in [6, 6.07) is 0. The second-order valence-corrected chi connectivity index (χ2v) is 3.47. The zero-order valence-electron chi connectivity index (χ0n) is 7.67. The summed E-state index contributed by atoms with van der Waals surface area (Å²) in [5.74, 6) is 0. The maximum absolute atomic E-state index is 11.7. The van der Waals surface area contributed by atoms with Gasteiger partial charge in [-0.15, -0.1) is 10.2 Å². The normalized spacial score (nSPS) is 10.9. The fourth-order valence-electron chi connectivity index (χ4n) is 0.734. The molecule has 14 heavy (non-hydrogen) atoms. The van der Waals surface area contributed by atoms with Gasteiger partial charge in [0.25, 0.3) is 11.6 Å². The third-order valence-electron chi connectivity index (χ3n) is 1.31. The van der Waals surface area contributed by atoms with Crippen molar-refractivity contribution in [2.75, 3.05) is 13.2 Å². The molecule has 0 amide bonds. The molecule has 1 heterocycles. The van der Waals surface area contributed by atoms with Gasteiger partial charge in [0.1, 0.15) is 5.01 Å². The van der Waals surface area contributed by atoms with Gasteiger partial charge in [0.15, 0.2) is 6.61 Å². The highest BCUT2D eigenvalue weighted by Gasteiger charge is 2.08. The minimum absolute atomic E-state index is 0.193. The van der Waals surface area contributed by atoms with Crippen molar-refractivity contribution < 1.29 is 13.5 Å². The highest BCUT2D eigenvalue weighted by Crippen LogP contribution is 2.17. The number of nitrogens with zero attached hydrogens (tertiary/aromatic N) is 2. The lowest BCUT2D eigenvalue weighted by atomic mass is 10.6. The number of hydrogen-bond donors (Lipinski definition) is 1. The van der Waals surface area contributed by atoms with E-state index in [4.69, 9.17) is 4.74 Å². The lowest BCUT2D eigenvalue weighted by molar-refractivity contribution is 0.0814. The van der Waals surface area contributed by atoms with E-state index in [1.54, 1.807) is 0 Å². The molecule has 0 saturated heterocycles. The summed E-state index contributed by atoms with van der Waals surface area (Å²) < 4.78 is 28.2. The van der Waals surface area contributed by atoms with E-state index in [2.05, 4.69) is 15.5 Å². The smallest absolute Gasteiger partial charge is 0.294 e. The summed E-state index contributed by atoms with van der Waals surface area (Å²) in [6.07, 6.45) is -2.48. The molecule has 0 aliphatic rings. The summed E-state index contributed by atoms with van der Waals surface area (Å²) in [7, 11) is 0. The van der Waals surface area contributed by atoms with Crippen LogP contribution in [-0.4, -0.2) is 29.8 Å². The number of hydrogen-bond acceptors (Lipinski definition) is 5. The SMILES string of the molecule is CCNCc1nnc(OCC(F)F)s1. The van der Waals surface area contributed by atoms with Gasteiger partial charge < -0.3 is 10.1 Å². The second kappa shape index (κ2) is 5.82. The molecule has 0 atom stereocenters. The fraction of sp³-hybridized carbons (Fsp3) is 0.714. The van der Waals surface area contributed by atoms with Gasteiger partial charge in [-0.1, -0.05) is 18.3 Å². The van der Waals surface area contributed by atoms with Crippen molar-refractivity contribution in [3.63, 3.8) is 0 Å². The Kier molecular flexibility index (Phi) is 4.68. The average Bonchev–Trinajstić information content (AvgIpc) is 2.59. The number of alkyl halides is 2. The van der Waals surface area contributed by atoms with Gasteiger partial charge in [-0.05, 0) is 6.54 Å². The zero-order valence-corrected chi connectivity index (χ0v) is 8.48. The zero-order chi connectivity index (χ0) is 10.4. The Morgan fingerprint density at radius 2 is 2.29 bits per heavy atom. The lowest BCUT2D eigenvalue weighted by Gasteiger charge is -1.98. The van der Waals surface area contributed by atoms with Gasteiger partial charge >= 0.3 is 0 Å². The highest BCUT2D eigenvalue weighted by atomic mass is 32.1. The van der Waals surface area contributed by atoms with Crippen molar-refractivity contribution in [2.24, 2.45) is 0 Å². The first kappa shape index (κ1) is 11.3. The molecule has 0 aliphatic carbocycles. The van der Waals surface area contributed by atoms with Crippen LogP contribution < -0.4 is 10.1 Å². The maximum atomic E-state index is 11.7. The van der Waals surface area contributed by atoms with Gasteiger partial charge in [-0.2, -0.15) is 0 Å². The van der Waals surface area contributed by atoms with Crippen LogP contribution in [0.5, 0.6) is 5.19 Å². The average molecular weight is 223 g/mol. The number of ether oxygens (including phenoxy) is 1. The van der Waals surface area contributed by atoms with E-state index in [1.807, 2.05) is 6.92 Å². The molecular weight excluding hydrogens is 212 g/mol. The van der Waals surface area contributed by atoms with E-state index >= 15 is 0 Å². The summed E-state index contributed by atoms with van der Waals surface area (Å²) in [6.45, 7) is 2.75. The maximum Gasteiger partial charge on any atom is 0.294 e. The first-order valence-corrected chi connectivity index (χ1v) is 4.98. The quantitative estimate of drug-likeness (QED) is 0.789. The van der Waals surface area contributed by atoms with Crippen molar-refractivity contribution in [1.29, 1.82) is 0 Å². The fourth-order valence-corrected chi connectivity index (χ4v) is 1.40. The molecule has 0 bridgehead atoms. The van der Waals surface area contributed by atoms with Gasteiger partial charge in [-0.3, -0.25) is 0 Å². The van der Waals surface area contributed by atoms with Crippen LogP contribution in [0.1, 0.15) is 11.9 Å². The molecule has 0 aliphatic heterocycles. The highest BCUT2D eigenvalue weighted by molar-refractivity contribution is 7.13. The van der Waals surface area contributed by atoms with Gasteiger partial charge in [0.05, 0.1) is 0 Å². The molecule has 1 aromatic rings. The van der Waals surface area contributed by atoms with Crippen LogP contribution in [0.2, 0.25) is 0 Å². The third-order valence-corrected chi connectivity index (χ3v) is 2.14. The van der Waals surface area contributed by atoms with Crippen LogP contribution >= 0.6 is 11.3 Å². The minimum Gasteiger partial charge on any atom is -0.463 e. The minimum atomic E-state index is -2.48. The van der Waals surface area contributed by atoms with Crippen molar-refractivity contribution >= 4 is 11.3 Å².